The zero-order valence-corrected chi connectivity index (χ0v) is 10.8. The van der Waals surface area contributed by atoms with E-state index in [2.05, 4.69) is 4.98 Å². The van der Waals surface area contributed by atoms with Crippen LogP contribution in [-0.4, -0.2) is 18.3 Å². The number of hydrogen-bond donors (Lipinski definition) is 1. The number of nitrogens with zero attached hydrogens (tertiary/aromatic N) is 2. The minimum absolute atomic E-state index is 0.354. The van der Waals surface area contributed by atoms with Crippen LogP contribution >= 0.6 is 22.6 Å². The Labute approximate surface area is 107 Å². The van der Waals surface area contributed by atoms with Crippen molar-refractivity contribution in [1.29, 1.82) is 0 Å². The van der Waals surface area contributed by atoms with Crippen LogP contribution in [-0.2, 0) is 10.0 Å². The average Bonchev–Trinajstić information content (AvgIpc) is 2.14. The molecule has 0 aliphatic rings. The van der Waals surface area contributed by atoms with Crippen molar-refractivity contribution in [2.24, 2.45) is 5.14 Å². The SMILES string of the molecule is NS(=O)(=O)c1c([N+](=O)[O-])cnc(I)c1C(F)F. The van der Waals surface area contributed by atoms with Crippen molar-refractivity contribution in [3.63, 3.8) is 0 Å². The average molecular weight is 379 g/mol. The Kier molecular flexibility index (Phi) is 3.93. The van der Waals surface area contributed by atoms with E-state index in [1.807, 2.05) is 0 Å². The maximum absolute atomic E-state index is 12.7. The fraction of sp³-hybridized carbons (Fsp3) is 0.167. The lowest BCUT2D eigenvalue weighted by atomic mass is 10.3. The van der Waals surface area contributed by atoms with Crippen LogP contribution in [0.1, 0.15) is 12.0 Å². The standard InChI is InChI=1S/C6H4F2IN3O4S/c7-5(8)3-4(17(10,15)16)2(12(13)14)1-11-6(3)9/h1,5H,(H2,10,15,16). The normalized spacial score (nSPS) is 11.8. The number of nitro groups is 1. The second-order valence-electron chi connectivity index (χ2n) is 2.78. The van der Waals surface area contributed by atoms with Crippen LogP contribution in [0.2, 0.25) is 0 Å². The van der Waals surface area contributed by atoms with Gasteiger partial charge in [-0.2, -0.15) is 0 Å². The lowest BCUT2D eigenvalue weighted by Crippen LogP contribution is -2.18. The van der Waals surface area contributed by atoms with E-state index in [9.17, 15) is 27.3 Å². The van der Waals surface area contributed by atoms with Crippen molar-refractivity contribution in [1.82, 2.24) is 4.98 Å². The Morgan fingerprint density at radius 2 is 2.06 bits per heavy atom. The molecule has 7 nitrogen and oxygen atoms in total. The van der Waals surface area contributed by atoms with Gasteiger partial charge in [0, 0.05) is 0 Å². The van der Waals surface area contributed by atoms with Gasteiger partial charge in [0.15, 0.2) is 4.90 Å². The van der Waals surface area contributed by atoms with Gasteiger partial charge in [-0.1, -0.05) is 0 Å². The molecule has 0 atom stereocenters. The van der Waals surface area contributed by atoms with Crippen LogP contribution in [0, 0.1) is 13.8 Å². The molecule has 0 spiro atoms. The molecule has 0 aliphatic heterocycles. The summed E-state index contributed by atoms with van der Waals surface area (Å²) < 4.78 is 47.3. The third-order valence-electron chi connectivity index (χ3n) is 1.70. The summed E-state index contributed by atoms with van der Waals surface area (Å²) in [5.41, 5.74) is -2.12. The number of alkyl halides is 2. The quantitative estimate of drug-likeness (QED) is 0.366. The predicted molar refractivity (Wildman–Crippen MR) is 59.9 cm³/mol. The van der Waals surface area contributed by atoms with E-state index in [1.165, 1.54) is 22.6 Å². The Morgan fingerprint density at radius 1 is 1.53 bits per heavy atom. The first-order valence-electron chi connectivity index (χ1n) is 3.80. The van der Waals surface area contributed by atoms with Crippen molar-refractivity contribution in [2.75, 3.05) is 0 Å². The molecule has 1 aromatic rings. The molecule has 0 amide bonds. The number of halogens is 3. The molecule has 0 aliphatic carbocycles. The molecule has 0 radical (unpaired) electrons. The highest BCUT2D eigenvalue weighted by Gasteiger charge is 2.33. The zero-order valence-electron chi connectivity index (χ0n) is 7.80. The van der Waals surface area contributed by atoms with Crippen LogP contribution in [0.25, 0.3) is 0 Å². The van der Waals surface area contributed by atoms with Crippen molar-refractivity contribution in [3.05, 3.63) is 25.6 Å². The molecule has 1 heterocycles. The number of hydrogen-bond acceptors (Lipinski definition) is 5. The molecule has 17 heavy (non-hydrogen) atoms. The summed E-state index contributed by atoms with van der Waals surface area (Å²) in [5, 5.41) is 15.3. The molecule has 2 N–H and O–H groups in total. The molecule has 0 aromatic carbocycles. The van der Waals surface area contributed by atoms with Crippen molar-refractivity contribution in [3.8, 4) is 0 Å². The van der Waals surface area contributed by atoms with Crippen LogP contribution in [0.4, 0.5) is 14.5 Å². The Morgan fingerprint density at radius 3 is 2.41 bits per heavy atom. The number of nitrogens with two attached hydrogens (primary N) is 1. The number of aromatic nitrogens is 1. The lowest BCUT2D eigenvalue weighted by molar-refractivity contribution is -0.388. The third-order valence-corrected chi connectivity index (χ3v) is 3.56. The largest absolute Gasteiger partial charge is 0.308 e. The zero-order chi connectivity index (χ0) is 13.4. The molecule has 0 fully saturated rings. The molecule has 1 aromatic heterocycles. The summed E-state index contributed by atoms with van der Waals surface area (Å²) in [5.74, 6) is 0. The van der Waals surface area contributed by atoms with Crippen LogP contribution in [0.5, 0.6) is 0 Å². The fourth-order valence-corrected chi connectivity index (χ4v) is 2.83. The second kappa shape index (κ2) is 4.73. The molecule has 1 rings (SSSR count). The Hall–Kier alpha value is -0.950. The highest BCUT2D eigenvalue weighted by Crippen LogP contribution is 2.34. The molecular weight excluding hydrogens is 375 g/mol. The number of primary sulfonamides is 1. The summed E-state index contributed by atoms with van der Waals surface area (Å²) in [6.07, 6.45) is -2.66. The Balaban J connectivity index is 3.82. The monoisotopic (exact) mass is 379 g/mol. The van der Waals surface area contributed by atoms with Crippen LogP contribution in [0.3, 0.4) is 0 Å². The van der Waals surface area contributed by atoms with Gasteiger partial charge in [0.25, 0.3) is 6.43 Å². The number of rotatable bonds is 3. The van der Waals surface area contributed by atoms with Crippen LogP contribution < -0.4 is 5.14 Å². The van der Waals surface area contributed by atoms with Gasteiger partial charge in [0.2, 0.25) is 10.0 Å². The number of sulfonamides is 1. The van der Waals surface area contributed by atoms with Gasteiger partial charge < -0.3 is 0 Å². The molecular formula is C6H4F2IN3O4S. The molecule has 0 unspecified atom stereocenters. The lowest BCUT2D eigenvalue weighted by Gasteiger charge is -2.08. The van der Waals surface area contributed by atoms with E-state index >= 15 is 0 Å². The minimum atomic E-state index is -4.64. The van der Waals surface area contributed by atoms with E-state index in [1.54, 1.807) is 0 Å². The van der Waals surface area contributed by atoms with Gasteiger partial charge in [-0.05, 0) is 22.6 Å². The summed E-state index contributed by atoms with van der Waals surface area (Å²) in [6.45, 7) is 0. The molecule has 0 bridgehead atoms. The smallest absolute Gasteiger partial charge is 0.258 e. The number of pyridine rings is 1. The minimum Gasteiger partial charge on any atom is -0.258 e. The van der Waals surface area contributed by atoms with Crippen molar-refractivity contribution in [2.45, 2.75) is 11.3 Å². The summed E-state index contributed by atoms with van der Waals surface area (Å²) in [7, 11) is -4.64. The molecule has 0 saturated carbocycles. The van der Waals surface area contributed by atoms with Gasteiger partial charge in [0.1, 0.15) is 9.90 Å². The van der Waals surface area contributed by atoms with E-state index in [4.69, 9.17) is 5.14 Å². The highest BCUT2D eigenvalue weighted by atomic mass is 127. The highest BCUT2D eigenvalue weighted by molar-refractivity contribution is 14.1. The predicted octanol–water partition coefficient (Wildman–Crippen LogP) is 1.18. The first kappa shape index (κ1) is 14.1. The van der Waals surface area contributed by atoms with Crippen molar-refractivity contribution >= 4 is 38.3 Å². The van der Waals surface area contributed by atoms with Gasteiger partial charge in [-0.15, -0.1) is 0 Å². The van der Waals surface area contributed by atoms with E-state index in [-0.39, 0.29) is 3.70 Å². The van der Waals surface area contributed by atoms with Crippen molar-refractivity contribution < 1.29 is 22.1 Å². The molecule has 11 heteroatoms. The van der Waals surface area contributed by atoms with Gasteiger partial charge in [-0.25, -0.2) is 27.3 Å². The molecule has 94 valence electrons. The summed E-state index contributed by atoms with van der Waals surface area (Å²) in [4.78, 5) is 11.6. The van der Waals surface area contributed by atoms with E-state index in [0.717, 1.165) is 0 Å². The third kappa shape index (κ3) is 2.84. The van der Waals surface area contributed by atoms with Gasteiger partial charge in [0.05, 0.1) is 10.5 Å². The fourth-order valence-electron chi connectivity index (χ4n) is 1.10. The van der Waals surface area contributed by atoms with Gasteiger partial charge in [-0.3, -0.25) is 10.1 Å². The second-order valence-corrected chi connectivity index (χ2v) is 5.30. The van der Waals surface area contributed by atoms with Crippen LogP contribution in [0.15, 0.2) is 11.1 Å². The van der Waals surface area contributed by atoms with E-state index < -0.39 is 37.5 Å². The Bertz CT molecular complexity index is 577. The maximum atomic E-state index is 12.7. The van der Waals surface area contributed by atoms with E-state index in [0.29, 0.717) is 6.20 Å². The summed E-state index contributed by atoms with van der Waals surface area (Å²) >= 11 is 1.35. The summed E-state index contributed by atoms with van der Waals surface area (Å²) in [6, 6.07) is 0. The first-order chi connectivity index (χ1) is 7.66. The maximum Gasteiger partial charge on any atom is 0.308 e. The van der Waals surface area contributed by atoms with Gasteiger partial charge >= 0.3 is 5.69 Å². The first-order valence-corrected chi connectivity index (χ1v) is 6.42. The topological polar surface area (TPSA) is 116 Å². The molecule has 0 saturated heterocycles.